The molecule has 4 heteroatoms. The smallest absolute Gasteiger partial charge is 0.328 e. The van der Waals surface area contributed by atoms with E-state index in [0.717, 1.165) is 18.7 Å². The molecule has 2 N–H and O–H groups in total. The van der Waals surface area contributed by atoms with Crippen molar-refractivity contribution in [1.29, 1.82) is 0 Å². The van der Waals surface area contributed by atoms with Gasteiger partial charge in [0.05, 0.1) is 0 Å². The highest BCUT2D eigenvalue weighted by atomic mass is 16.4. The second-order valence-corrected chi connectivity index (χ2v) is 6.01. The molecule has 0 heterocycles. The maximum Gasteiger partial charge on any atom is 0.328 e. The topological polar surface area (TPSA) is 52.6 Å². The molecular formula is C17H28N2O2. The summed E-state index contributed by atoms with van der Waals surface area (Å²) in [5, 5.41) is 13.0. The van der Waals surface area contributed by atoms with Crippen LogP contribution in [0.2, 0.25) is 0 Å². The van der Waals surface area contributed by atoms with E-state index in [1.165, 1.54) is 0 Å². The third kappa shape index (κ3) is 4.83. The maximum absolute atomic E-state index is 12.0. The van der Waals surface area contributed by atoms with Crippen molar-refractivity contribution in [1.82, 2.24) is 10.2 Å². The molecule has 1 unspecified atom stereocenters. The largest absolute Gasteiger partial charge is 0.480 e. The molecule has 0 aromatic heterocycles. The summed E-state index contributed by atoms with van der Waals surface area (Å²) in [6.07, 6.45) is 0.545. The number of rotatable bonds is 9. The fourth-order valence-electron chi connectivity index (χ4n) is 2.74. The number of nitrogens with zero attached hydrogens (tertiary/aromatic N) is 1. The summed E-state index contributed by atoms with van der Waals surface area (Å²) in [5.41, 5.74) is -0.196. The Labute approximate surface area is 128 Å². The fraction of sp³-hybridized carbons (Fsp3) is 0.588. The molecule has 4 nitrogen and oxygen atoms in total. The lowest BCUT2D eigenvalue weighted by Crippen LogP contribution is -2.51. The van der Waals surface area contributed by atoms with Crippen LogP contribution in [-0.4, -0.2) is 42.7 Å². The minimum absolute atomic E-state index is 0.545. The van der Waals surface area contributed by atoms with Crippen molar-refractivity contribution >= 4 is 5.97 Å². The summed E-state index contributed by atoms with van der Waals surface area (Å²) in [4.78, 5) is 14.2. The van der Waals surface area contributed by atoms with Crippen LogP contribution < -0.4 is 5.32 Å². The molecule has 1 aromatic rings. The second-order valence-electron chi connectivity index (χ2n) is 6.01. The van der Waals surface area contributed by atoms with Crippen LogP contribution in [0.4, 0.5) is 0 Å². The van der Waals surface area contributed by atoms with Crippen molar-refractivity contribution in [3.8, 4) is 0 Å². The van der Waals surface area contributed by atoms with Gasteiger partial charge >= 0.3 is 5.97 Å². The fourth-order valence-corrected chi connectivity index (χ4v) is 2.74. The van der Waals surface area contributed by atoms with Gasteiger partial charge in [-0.05, 0) is 31.5 Å². The third-order valence-corrected chi connectivity index (χ3v) is 3.66. The molecule has 0 aliphatic heterocycles. The molecule has 0 saturated heterocycles. The van der Waals surface area contributed by atoms with E-state index >= 15 is 0 Å². The van der Waals surface area contributed by atoms with Crippen LogP contribution in [-0.2, 0) is 10.3 Å². The van der Waals surface area contributed by atoms with Gasteiger partial charge in [0.25, 0.3) is 0 Å². The summed E-state index contributed by atoms with van der Waals surface area (Å²) < 4.78 is 0. The van der Waals surface area contributed by atoms with Gasteiger partial charge < -0.3 is 10.0 Å². The lowest BCUT2D eigenvalue weighted by Gasteiger charge is -2.33. The van der Waals surface area contributed by atoms with Crippen LogP contribution >= 0.6 is 0 Å². The molecule has 0 saturated carbocycles. The Morgan fingerprint density at radius 2 is 1.95 bits per heavy atom. The Morgan fingerprint density at radius 1 is 1.33 bits per heavy atom. The molecule has 118 valence electrons. The summed E-state index contributed by atoms with van der Waals surface area (Å²) in [6, 6.07) is 9.47. The number of carboxylic acids is 1. The van der Waals surface area contributed by atoms with E-state index in [1.807, 2.05) is 44.3 Å². The number of hydrogen-bond acceptors (Lipinski definition) is 3. The van der Waals surface area contributed by atoms with E-state index in [4.69, 9.17) is 0 Å². The molecular weight excluding hydrogens is 264 g/mol. The second kappa shape index (κ2) is 8.15. The van der Waals surface area contributed by atoms with Crippen LogP contribution in [0.1, 0.15) is 32.8 Å². The van der Waals surface area contributed by atoms with Gasteiger partial charge in [0.15, 0.2) is 0 Å². The molecule has 0 aliphatic rings. The van der Waals surface area contributed by atoms with Gasteiger partial charge in [-0.25, -0.2) is 4.79 Å². The molecule has 21 heavy (non-hydrogen) atoms. The monoisotopic (exact) mass is 292 g/mol. The number of likely N-dealkylation sites (N-methyl/N-ethyl adjacent to an activating group) is 1. The first-order valence-electron chi connectivity index (χ1n) is 7.65. The van der Waals surface area contributed by atoms with E-state index in [1.54, 1.807) is 0 Å². The van der Waals surface area contributed by atoms with Crippen molar-refractivity contribution in [2.75, 3.05) is 26.7 Å². The Kier molecular flexibility index (Phi) is 6.85. The Balaban J connectivity index is 2.94. The first kappa shape index (κ1) is 17.7. The summed E-state index contributed by atoms with van der Waals surface area (Å²) >= 11 is 0. The van der Waals surface area contributed by atoms with E-state index in [2.05, 4.69) is 24.1 Å². The maximum atomic E-state index is 12.0. The summed E-state index contributed by atoms with van der Waals surface area (Å²) in [5.74, 6) is -0.237. The van der Waals surface area contributed by atoms with Crippen LogP contribution in [0.15, 0.2) is 30.3 Å². The van der Waals surface area contributed by atoms with Crippen LogP contribution in [0.5, 0.6) is 0 Å². The molecule has 0 radical (unpaired) electrons. The molecule has 0 spiro atoms. The normalized spacial score (nSPS) is 14.4. The molecule has 0 aliphatic carbocycles. The van der Waals surface area contributed by atoms with E-state index in [-0.39, 0.29) is 0 Å². The highest BCUT2D eigenvalue weighted by Gasteiger charge is 2.39. The SMILES string of the molecule is CCNC(CCN(C)CC(C)C)(C(=O)O)c1ccccc1. The molecule has 1 rings (SSSR count). The van der Waals surface area contributed by atoms with Crippen molar-refractivity contribution in [2.24, 2.45) is 5.92 Å². The van der Waals surface area contributed by atoms with Gasteiger partial charge in [0, 0.05) is 13.1 Å². The number of nitrogens with one attached hydrogen (secondary N) is 1. The Morgan fingerprint density at radius 3 is 2.43 bits per heavy atom. The van der Waals surface area contributed by atoms with Crippen molar-refractivity contribution < 1.29 is 9.90 Å². The summed E-state index contributed by atoms with van der Waals surface area (Å²) in [7, 11) is 2.05. The van der Waals surface area contributed by atoms with Gasteiger partial charge in [-0.15, -0.1) is 0 Å². The molecule has 0 amide bonds. The van der Waals surface area contributed by atoms with Gasteiger partial charge in [0.1, 0.15) is 5.54 Å². The third-order valence-electron chi connectivity index (χ3n) is 3.66. The predicted molar refractivity (Wildman–Crippen MR) is 86.4 cm³/mol. The molecule has 0 bridgehead atoms. The zero-order chi connectivity index (χ0) is 15.9. The van der Waals surface area contributed by atoms with E-state index in [0.29, 0.717) is 18.9 Å². The van der Waals surface area contributed by atoms with E-state index in [9.17, 15) is 9.90 Å². The first-order chi connectivity index (χ1) is 9.92. The molecule has 1 aromatic carbocycles. The number of benzene rings is 1. The highest BCUT2D eigenvalue weighted by Crippen LogP contribution is 2.26. The highest BCUT2D eigenvalue weighted by molar-refractivity contribution is 5.80. The Bertz CT molecular complexity index is 434. The Hall–Kier alpha value is -1.39. The zero-order valence-corrected chi connectivity index (χ0v) is 13.6. The number of hydrogen-bond donors (Lipinski definition) is 2. The van der Waals surface area contributed by atoms with Crippen LogP contribution in [0, 0.1) is 5.92 Å². The van der Waals surface area contributed by atoms with Crippen LogP contribution in [0.3, 0.4) is 0 Å². The minimum atomic E-state index is -1.01. The lowest BCUT2D eigenvalue weighted by molar-refractivity contribution is -0.146. The summed E-state index contributed by atoms with van der Waals surface area (Å²) in [6.45, 7) is 8.61. The van der Waals surface area contributed by atoms with Crippen molar-refractivity contribution in [3.05, 3.63) is 35.9 Å². The van der Waals surface area contributed by atoms with Crippen molar-refractivity contribution in [2.45, 2.75) is 32.7 Å². The van der Waals surface area contributed by atoms with Gasteiger partial charge in [-0.2, -0.15) is 0 Å². The molecule has 0 fully saturated rings. The molecule has 1 atom stereocenters. The van der Waals surface area contributed by atoms with E-state index < -0.39 is 11.5 Å². The van der Waals surface area contributed by atoms with Gasteiger partial charge in [-0.3, -0.25) is 5.32 Å². The number of carboxylic acid groups (broad SMARTS) is 1. The average Bonchev–Trinajstić information content (AvgIpc) is 2.43. The minimum Gasteiger partial charge on any atom is -0.480 e. The quantitative estimate of drug-likeness (QED) is 0.734. The zero-order valence-electron chi connectivity index (χ0n) is 13.6. The predicted octanol–water partition coefficient (Wildman–Crippen LogP) is 2.55. The number of carbonyl (C=O) groups is 1. The average molecular weight is 292 g/mol. The van der Waals surface area contributed by atoms with Crippen molar-refractivity contribution in [3.63, 3.8) is 0 Å². The van der Waals surface area contributed by atoms with Crippen LogP contribution in [0.25, 0.3) is 0 Å². The van der Waals surface area contributed by atoms with Gasteiger partial charge in [0.2, 0.25) is 0 Å². The first-order valence-corrected chi connectivity index (χ1v) is 7.65. The standard InChI is InChI=1S/C17H28N2O2/c1-5-18-17(16(20)21,15-9-7-6-8-10-15)11-12-19(4)13-14(2)3/h6-10,14,18H,5,11-13H2,1-4H3,(H,20,21). The van der Waals surface area contributed by atoms with Gasteiger partial charge in [-0.1, -0.05) is 51.1 Å². The lowest BCUT2D eigenvalue weighted by atomic mass is 9.86. The number of aliphatic carboxylic acids is 1.